The van der Waals surface area contributed by atoms with E-state index < -0.39 is 0 Å². The van der Waals surface area contributed by atoms with Crippen LogP contribution in [0.1, 0.15) is 37.7 Å². The first-order valence-electron chi connectivity index (χ1n) is 5.38. The van der Waals surface area contributed by atoms with E-state index in [0.29, 0.717) is 12.5 Å². The number of hydrogen-bond acceptors (Lipinski definition) is 2. The van der Waals surface area contributed by atoms with Gasteiger partial charge in [0.1, 0.15) is 0 Å². The minimum Gasteiger partial charge on any atom is -0.294 e. The highest BCUT2D eigenvalue weighted by Crippen LogP contribution is 2.24. The summed E-state index contributed by atoms with van der Waals surface area (Å²) in [7, 11) is -0.207. The van der Waals surface area contributed by atoms with Crippen LogP contribution in [0.2, 0.25) is 0 Å². The first-order chi connectivity index (χ1) is 7.38. The van der Waals surface area contributed by atoms with Gasteiger partial charge in [0.25, 0.3) is 0 Å². The van der Waals surface area contributed by atoms with Crippen molar-refractivity contribution in [2.24, 2.45) is 0 Å². The van der Waals surface area contributed by atoms with Crippen molar-refractivity contribution in [3.8, 4) is 0 Å². The molecule has 1 aromatic carbocycles. The van der Waals surface area contributed by atoms with Gasteiger partial charge in [0.2, 0.25) is 0 Å². The highest BCUT2D eigenvalue weighted by atomic mass is 31.1. The zero-order valence-electron chi connectivity index (χ0n) is 9.06. The Morgan fingerprint density at radius 3 is 2.67 bits per heavy atom. The normalized spacial score (nSPS) is 12.9. The molecule has 15 heavy (non-hydrogen) atoms. The topological polar surface area (TPSA) is 26.3 Å². The third kappa shape index (κ3) is 4.55. The van der Waals surface area contributed by atoms with E-state index in [1.807, 2.05) is 6.07 Å². The second-order valence-corrected chi connectivity index (χ2v) is 3.97. The lowest BCUT2D eigenvalue weighted by atomic mass is 9.92. The number of hydrogen-bond donors (Lipinski definition) is 0. The lowest BCUT2D eigenvalue weighted by Gasteiger charge is -2.14. The maximum absolute atomic E-state index is 10.1. The van der Waals surface area contributed by atoms with Crippen molar-refractivity contribution in [3.05, 3.63) is 35.9 Å². The molecular weight excluding hydrogens is 207 g/mol. The summed E-state index contributed by atoms with van der Waals surface area (Å²) >= 11 is 0. The monoisotopic (exact) mass is 224 g/mol. The van der Waals surface area contributed by atoms with Gasteiger partial charge in [-0.15, -0.1) is 0 Å². The summed E-state index contributed by atoms with van der Waals surface area (Å²) < 4.78 is 14.8. The van der Waals surface area contributed by atoms with Gasteiger partial charge < -0.3 is 0 Å². The zero-order valence-corrected chi connectivity index (χ0v) is 9.95. The lowest BCUT2D eigenvalue weighted by Crippen LogP contribution is -1.98. The van der Waals surface area contributed by atoms with Gasteiger partial charge in [-0.25, -0.2) is 4.57 Å². The van der Waals surface area contributed by atoms with Crippen LogP contribution in [0.5, 0.6) is 0 Å². The third-order valence-electron chi connectivity index (χ3n) is 2.60. The van der Waals surface area contributed by atoms with Crippen molar-refractivity contribution < 1.29 is 9.09 Å². The van der Waals surface area contributed by atoms with Crippen LogP contribution >= 0.6 is 8.69 Å². The highest BCUT2D eigenvalue weighted by Gasteiger charge is 2.07. The molecule has 0 saturated carbocycles. The van der Waals surface area contributed by atoms with Gasteiger partial charge in [0.05, 0.1) is 6.61 Å². The Bertz CT molecular complexity index is 274. The van der Waals surface area contributed by atoms with Crippen molar-refractivity contribution in [1.82, 2.24) is 0 Å². The average Bonchev–Trinajstić information content (AvgIpc) is 2.30. The van der Waals surface area contributed by atoms with E-state index in [1.165, 1.54) is 5.56 Å². The van der Waals surface area contributed by atoms with Crippen molar-refractivity contribution in [2.75, 3.05) is 6.61 Å². The largest absolute Gasteiger partial charge is 0.327 e. The Balaban J connectivity index is 2.39. The second-order valence-electron chi connectivity index (χ2n) is 3.57. The molecule has 0 fully saturated rings. The molecule has 0 bridgehead atoms. The van der Waals surface area contributed by atoms with E-state index in [-0.39, 0.29) is 8.69 Å². The molecule has 1 rings (SSSR count). The molecule has 0 radical (unpaired) electrons. The van der Waals surface area contributed by atoms with Gasteiger partial charge >= 0.3 is 8.69 Å². The van der Waals surface area contributed by atoms with Crippen molar-refractivity contribution >= 4 is 8.69 Å². The minimum atomic E-state index is -0.207. The van der Waals surface area contributed by atoms with Gasteiger partial charge in [-0.1, -0.05) is 37.3 Å². The molecule has 0 amide bonds. The minimum absolute atomic E-state index is 0.207. The van der Waals surface area contributed by atoms with Crippen molar-refractivity contribution in [2.45, 2.75) is 32.1 Å². The molecule has 0 aliphatic rings. The molecule has 3 heteroatoms. The Morgan fingerprint density at radius 1 is 1.33 bits per heavy atom. The quantitative estimate of drug-likeness (QED) is 0.513. The van der Waals surface area contributed by atoms with E-state index in [1.54, 1.807) is 0 Å². The average molecular weight is 224 g/mol. The fraction of sp³-hybridized carbons (Fsp3) is 0.500. The summed E-state index contributed by atoms with van der Waals surface area (Å²) in [4.78, 5) is 0. The van der Waals surface area contributed by atoms with Gasteiger partial charge in [0, 0.05) is 0 Å². The first-order valence-corrected chi connectivity index (χ1v) is 6.11. The maximum Gasteiger partial charge on any atom is 0.327 e. The Labute approximate surface area is 92.9 Å². The molecule has 0 spiro atoms. The number of benzene rings is 1. The number of rotatable bonds is 7. The molecule has 2 nitrogen and oxygen atoms in total. The van der Waals surface area contributed by atoms with E-state index in [2.05, 4.69) is 31.2 Å². The van der Waals surface area contributed by atoms with Gasteiger partial charge in [0.15, 0.2) is 0 Å². The molecule has 0 N–H and O–H groups in total. The lowest BCUT2D eigenvalue weighted by molar-refractivity contribution is 0.324. The predicted octanol–water partition coefficient (Wildman–Crippen LogP) is 4.18. The fourth-order valence-electron chi connectivity index (χ4n) is 1.76. The van der Waals surface area contributed by atoms with Crippen molar-refractivity contribution in [1.29, 1.82) is 0 Å². The predicted molar refractivity (Wildman–Crippen MR) is 62.3 cm³/mol. The van der Waals surface area contributed by atoms with Crippen LogP contribution in [0.15, 0.2) is 30.3 Å². The first kappa shape index (κ1) is 12.4. The highest BCUT2D eigenvalue weighted by molar-refractivity contribution is 7.17. The van der Waals surface area contributed by atoms with E-state index >= 15 is 0 Å². The molecule has 0 aliphatic heterocycles. The Hall–Kier alpha value is -0.720. The van der Waals surface area contributed by atoms with E-state index in [9.17, 15) is 4.57 Å². The van der Waals surface area contributed by atoms with Gasteiger partial charge in [-0.2, -0.15) is 0 Å². The molecule has 0 aliphatic carbocycles. The summed E-state index contributed by atoms with van der Waals surface area (Å²) in [6, 6.07) is 10.5. The van der Waals surface area contributed by atoms with Crippen LogP contribution in [-0.2, 0) is 9.09 Å². The molecule has 1 unspecified atom stereocenters. The second kappa shape index (κ2) is 7.56. The zero-order chi connectivity index (χ0) is 10.9. The molecule has 82 valence electrons. The summed E-state index contributed by atoms with van der Waals surface area (Å²) in [5, 5.41) is 0. The standard InChI is InChI=1S/C12H17O2P/c1-2-11(9-6-10-14-15-13)12-7-4-3-5-8-12/h3-5,7-8,11H,2,6,9-10H2,1H3. The molecule has 1 atom stereocenters. The summed E-state index contributed by atoms with van der Waals surface area (Å²) in [5.74, 6) is 0.595. The van der Waals surface area contributed by atoms with Gasteiger partial charge in [-0.3, -0.25) is 4.52 Å². The Kier molecular flexibility index (Phi) is 6.22. The fourth-order valence-corrected chi connectivity index (χ4v) is 1.97. The van der Waals surface area contributed by atoms with E-state index in [4.69, 9.17) is 4.52 Å². The molecule has 0 saturated heterocycles. The van der Waals surface area contributed by atoms with Crippen LogP contribution in [-0.4, -0.2) is 6.61 Å². The third-order valence-corrected chi connectivity index (χ3v) is 2.89. The van der Waals surface area contributed by atoms with Crippen LogP contribution in [0.25, 0.3) is 0 Å². The molecule has 0 aromatic heterocycles. The van der Waals surface area contributed by atoms with Crippen LogP contribution in [0, 0.1) is 0 Å². The molecule has 1 aromatic rings. The van der Waals surface area contributed by atoms with Gasteiger partial charge in [-0.05, 0) is 30.7 Å². The van der Waals surface area contributed by atoms with Crippen LogP contribution < -0.4 is 0 Å². The Morgan fingerprint density at radius 2 is 2.07 bits per heavy atom. The van der Waals surface area contributed by atoms with Crippen LogP contribution in [0.4, 0.5) is 0 Å². The summed E-state index contributed by atoms with van der Waals surface area (Å²) in [5.41, 5.74) is 1.39. The molecule has 0 heterocycles. The van der Waals surface area contributed by atoms with E-state index in [0.717, 1.165) is 19.3 Å². The van der Waals surface area contributed by atoms with Crippen molar-refractivity contribution in [3.63, 3.8) is 0 Å². The summed E-state index contributed by atoms with van der Waals surface area (Å²) in [6.45, 7) is 2.78. The SMILES string of the molecule is CCC(CCCOP=O)c1ccccc1. The molecular formula is C12H17O2P. The smallest absolute Gasteiger partial charge is 0.294 e. The van der Waals surface area contributed by atoms with Crippen LogP contribution in [0.3, 0.4) is 0 Å². The summed E-state index contributed by atoms with van der Waals surface area (Å²) in [6.07, 6.45) is 3.19. The maximum atomic E-state index is 10.1.